The fourth-order valence-corrected chi connectivity index (χ4v) is 4.26. The Morgan fingerprint density at radius 2 is 1.75 bits per heavy atom. The lowest BCUT2D eigenvalue weighted by Crippen LogP contribution is -2.22. The highest BCUT2D eigenvalue weighted by molar-refractivity contribution is 7.90. The van der Waals surface area contributed by atoms with Crippen molar-refractivity contribution in [2.75, 3.05) is 19.8 Å². The molecule has 0 amide bonds. The van der Waals surface area contributed by atoms with Gasteiger partial charge in [0.25, 0.3) is 10.0 Å². The number of fused-ring (bicyclic) bond motifs is 1. The molecule has 7 nitrogen and oxygen atoms in total. The summed E-state index contributed by atoms with van der Waals surface area (Å²) in [6, 6.07) is 11.5. The van der Waals surface area contributed by atoms with E-state index in [1.54, 1.807) is 36.4 Å². The minimum absolute atomic E-state index is 0.000242. The highest BCUT2D eigenvalue weighted by Crippen LogP contribution is 2.32. The van der Waals surface area contributed by atoms with Crippen LogP contribution in [0.15, 0.2) is 52.4 Å². The van der Waals surface area contributed by atoms with Crippen LogP contribution in [0.1, 0.15) is 12.0 Å². The summed E-state index contributed by atoms with van der Waals surface area (Å²) in [5.41, 5.74) is 0.487. The highest BCUT2D eigenvalue weighted by Gasteiger charge is 2.29. The highest BCUT2D eigenvalue weighted by atomic mass is 35.5. The van der Waals surface area contributed by atoms with E-state index in [-0.39, 0.29) is 36.9 Å². The SMILES string of the molecule is O=C(CCN=C1NS(=O)(=O)c2ccccc21)OCCOc1c(Cl)cccc1Cl. The van der Waals surface area contributed by atoms with Crippen molar-refractivity contribution in [3.63, 3.8) is 0 Å². The molecule has 1 aliphatic rings. The first-order valence-electron chi connectivity index (χ1n) is 8.27. The molecule has 0 atom stereocenters. The zero-order valence-electron chi connectivity index (χ0n) is 14.5. The number of aliphatic imine (C=N–C) groups is 1. The molecule has 0 fully saturated rings. The van der Waals surface area contributed by atoms with Crippen LogP contribution in [0, 0.1) is 0 Å². The minimum atomic E-state index is -3.59. The Morgan fingerprint density at radius 1 is 1.04 bits per heavy atom. The van der Waals surface area contributed by atoms with E-state index in [2.05, 4.69) is 9.71 Å². The number of para-hydroxylation sites is 1. The molecule has 3 rings (SSSR count). The Balaban J connectivity index is 1.45. The molecule has 2 aromatic carbocycles. The normalized spacial score (nSPS) is 15.7. The van der Waals surface area contributed by atoms with Gasteiger partial charge in [0.05, 0.1) is 27.9 Å². The van der Waals surface area contributed by atoms with Gasteiger partial charge in [0.15, 0.2) is 5.75 Å². The van der Waals surface area contributed by atoms with Crippen molar-refractivity contribution in [2.45, 2.75) is 11.3 Å². The zero-order valence-corrected chi connectivity index (χ0v) is 16.9. The van der Waals surface area contributed by atoms with Gasteiger partial charge < -0.3 is 9.47 Å². The maximum atomic E-state index is 12.0. The molecule has 0 spiro atoms. The minimum Gasteiger partial charge on any atom is -0.487 e. The monoisotopic (exact) mass is 442 g/mol. The van der Waals surface area contributed by atoms with Crippen LogP contribution in [0.5, 0.6) is 5.75 Å². The van der Waals surface area contributed by atoms with Gasteiger partial charge in [-0.2, -0.15) is 0 Å². The maximum absolute atomic E-state index is 12.0. The molecule has 10 heteroatoms. The fourth-order valence-electron chi connectivity index (χ4n) is 2.50. The topological polar surface area (TPSA) is 94.1 Å². The molecule has 1 aliphatic heterocycles. The van der Waals surface area contributed by atoms with Gasteiger partial charge in [0, 0.05) is 5.56 Å². The van der Waals surface area contributed by atoms with Crippen LogP contribution in [0.3, 0.4) is 0 Å². The fraction of sp³-hybridized carbons (Fsp3) is 0.222. The quantitative estimate of drug-likeness (QED) is 0.525. The molecule has 0 unspecified atom stereocenters. The lowest BCUT2D eigenvalue weighted by molar-refractivity contribution is -0.144. The van der Waals surface area contributed by atoms with Gasteiger partial charge in [-0.1, -0.05) is 41.4 Å². The first kappa shape index (κ1) is 20.4. The van der Waals surface area contributed by atoms with Crippen LogP contribution in [0.25, 0.3) is 0 Å². The van der Waals surface area contributed by atoms with Gasteiger partial charge in [0.1, 0.15) is 19.0 Å². The van der Waals surface area contributed by atoms with Gasteiger partial charge in [-0.25, -0.2) is 8.42 Å². The Hall–Kier alpha value is -2.29. The van der Waals surface area contributed by atoms with Gasteiger partial charge in [-0.15, -0.1) is 0 Å². The number of rotatable bonds is 7. The molecule has 0 radical (unpaired) electrons. The number of hydrogen-bond acceptors (Lipinski definition) is 6. The second-order valence-electron chi connectivity index (χ2n) is 5.70. The molecule has 1 N–H and O–H groups in total. The second kappa shape index (κ2) is 8.81. The Kier molecular flexibility index (Phi) is 6.43. The number of carbonyl (C=O) groups excluding carboxylic acids is 1. The van der Waals surface area contributed by atoms with E-state index in [9.17, 15) is 13.2 Å². The predicted molar refractivity (Wildman–Crippen MR) is 106 cm³/mol. The first-order chi connectivity index (χ1) is 13.4. The molecular weight excluding hydrogens is 427 g/mol. The summed E-state index contributed by atoms with van der Waals surface area (Å²) in [4.78, 5) is 16.1. The molecule has 2 aromatic rings. The van der Waals surface area contributed by atoms with Gasteiger partial charge in [-0.05, 0) is 24.3 Å². The molecule has 0 aliphatic carbocycles. The molecule has 0 saturated heterocycles. The molecule has 1 heterocycles. The van der Waals surface area contributed by atoms with E-state index in [0.29, 0.717) is 21.4 Å². The van der Waals surface area contributed by atoms with Gasteiger partial charge in [-0.3, -0.25) is 14.5 Å². The lowest BCUT2D eigenvalue weighted by atomic mass is 10.2. The third-order valence-corrected chi connectivity index (χ3v) is 5.75. The van der Waals surface area contributed by atoms with E-state index in [1.807, 2.05) is 0 Å². The predicted octanol–water partition coefficient (Wildman–Crippen LogP) is 3.04. The van der Waals surface area contributed by atoms with Crippen LogP contribution < -0.4 is 9.46 Å². The molecule has 148 valence electrons. The lowest BCUT2D eigenvalue weighted by Gasteiger charge is -2.10. The average molecular weight is 443 g/mol. The summed E-state index contributed by atoms with van der Waals surface area (Å²) in [5, 5.41) is 0.739. The number of nitrogens with one attached hydrogen (secondary N) is 1. The van der Waals surface area contributed by atoms with Crippen LogP contribution in [0.2, 0.25) is 10.0 Å². The van der Waals surface area contributed by atoms with Crippen molar-refractivity contribution in [1.29, 1.82) is 0 Å². The number of hydrogen-bond donors (Lipinski definition) is 1. The van der Waals surface area contributed by atoms with Crippen molar-refractivity contribution in [3.05, 3.63) is 58.1 Å². The third kappa shape index (κ3) is 4.76. The Labute approximate surface area is 172 Å². The molecule has 0 saturated carbocycles. The Bertz CT molecular complexity index is 1000. The summed E-state index contributed by atoms with van der Waals surface area (Å²) in [6.07, 6.45) is 0.000242. The summed E-state index contributed by atoms with van der Waals surface area (Å²) >= 11 is 12.0. The zero-order chi connectivity index (χ0) is 20.1. The third-order valence-electron chi connectivity index (χ3n) is 3.76. The van der Waals surface area contributed by atoms with Crippen LogP contribution >= 0.6 is 23.2 Å². The molecule has 28 heavy (non-hydrogen) atoms. The van der Waals surface area contributed by atoms with E-state index < -0.39 is 16.0 Å². The number of esters is 1. The standard InChI is InChI=1S/C18H16Cl2N2O5S/c19-13-5-3-6-14(20)17(13)27-11-10-26-16(23)8-9-21-18-12-4-1-2-7-15(12)28(24,25)22-18/h1-7H,8-11H2,(H,21,22). The van der Waals surface area contributed by atoms with Crippen LogP contribution in [-0.2, 0) is 19.6 Å². The summed E-state index contributed by atoms with van der Waals surface area (Å²) in [5.74, 6) is 0.0768. The Morgan fingerprint density at radius 3 is 2.50 bits per heavy atom. The average Bonchev–Trinajstić information content (AvgIpc) is 2.91. The number of ether oxygens (including phenoxy) is 2. The van der Waals surface area contributed by atoms with Gasteiger partial charge >= 0.3 is 5.97 Å². The second-order valence-corrected chi connectivity index (χ2v) is 8.17. The summed E-state index contributed by atoms with van der Waals surface area (Å²) in [7, 11) is -3.59. The number of sulfonamides is 1. The number of carbonyl (C=O) groups is 1. The largest absolute Gasteiger partial charge is 0.487 e. The van der Waals surface area contributed by atoms with Gasteiger partial charge in [0.2, 0.25) is 0 Å². The van der Waals surface area contributed by atoms with Crippen molar-refractivity contribution in [2.24, 2.45) is 4.99 Å². The number of nitrogens with zero attached hydrogens (tertiary/aromatic N) is 1. The summed E-state index contributed by atoms with van der Waals surface area (Å²) < 4.78 is 36.8. The molecular formula is C18H16Cl2N2O5S. The first-order valence-corrected chi connectivity index (χ1v) is 10.5. The maximum Gasteiger partial charge on any atom is 0.307 e. The van der Waals surface area contributed by atoms with Crippen molar-refractivity contribution >= 4 is 45.0 Å². The summed E-state index contributed by atoms with van der Waals surface area (Å²) in [6.45, 7) is 0.200. The number of halogens is 2. The van der Waals surface area contributed by atoms with E-state index in [4.69, 9.17) is 32.7 Å². The smallest absolute Gasteiger partial charge is 0.307 e. The van der Waals surface area contributed by atoms with Crippen molar-refractivity contribution < 1.29 is 22.7 Å². The van der Waals surface area contributed by atoms with Crippen LogP contribution in [-0.4, -0.2) is 40.0 Å². The van der Waals surface area contributed by atoms with E-state index >= 15 is 0 Å². The van der Waals surface area contributed by atoms with Crippen molar-refractivity contribution in [3.8, 4) is 5.75 Å². The van der Waals surface area contributed by atoms with Crippen LogP contribution in [0.4, 0.5) is 0 Å². The molecule has 0 bridgehead atoms. The number of amidine groups is 1. The number of benzene rings is 2. The van der Waals surface area contributed by atoms with Crippen molar-refractivity contribution in [1.82, 2.24) is 4.72 Å². The van der Waals surface area contributed by atoms with E-state index in [1.165, 1.54) is 6.07 Å². The molecule has 0 aromatic heterocycles. The van der Waals surface area contributed by atoms with E-state index in [0.717, 1.165) is 0 Å².